The summed E-state index contributed by atoms with van der Waals surface area (Å²) in [5.41, 5.74) is 2.77. The van der Waals surface area contributed by atoms with Gasteiger partial charge in [0.1, 0.15) is 0 Å². The van der Waals surface area contributed by atoms with Crippen molar-refractivity contribution in [2.75, 3.05) is 6.61 Å². The zero-order valence-corrected chi connectivity index (χ0v) is 8.75. The molecule has 0 spiro atoms. The molecule has 1 aromatic heterocycles. The largest absolute Gasteiger partial charge is 0.461 e. The fraction of sp³-hybridized carbons (Fsp3) is 0.636. The Hall–Kier alpha value is -1.32. The van der Waals surface area contributed by atoms with Crippen LogP contribution in [0.15, 0.2) is 0 Å². The number of hydrogen-bond acceptors (Lipinski definition) is 3. The number of nitrogens with zero attached hydrogens (tertiary/aromatic N) is 1. The minimum absolute atomic E-state index is 0.283. The van der Waals surface area contributed by atoms with E-state index in [0.29, 0.717) is 12.3 Å². The molecule has 1 fully saturated rings. The van der Waals surface area contributed by atoms with E-state index in [1.807, 2.05) is 6.92 Å². The van der Waals surface area contributed by atoms with Gasteiger partial charge in [-0.05, 0) is 38.0 Å². The number of hydrogen-bond donors (Lipinski definition) is 1. The number of aromatic nitrogens is 2. The maximum Gasteiger partial charge on any atom is 0.359 e. The Morgan fingerprint density at radius 2 is 2.33 bits per heavy atom. The Kier molecular flexibility index (Phi) is 1.84. The molecule has 2 unspecified atom stereocenters. The van der Waals surface area contributed by atoms with Gasteiger partial charge >= 0.3 is 5.97 Å². The van der Waals surface area contributed by atoms with E-state index in [0.717, 1.165) is 35.9 Å². The van der Waals surface area contributed by atoms with Gasteiger partial charge in [0.15, 0.2) is 5.69 Å². The summed E-state index contributed by atoms with van der Waals surface area (Å²) in [5.74, 6) is 1.35. The molecule has 3 rings (SSSR count). The topological polar surface area (TPSA) is 55.0 Å². The molecule has 0 bridgehead atoms. The SMILES string of the molecule is CCOC(=O)c1n[nH]c2c1CC1CC1C2. The summed E-state index contributed by atoms with van der Waals surface area (Å²) >= 11 is 0. The van der Waals surface area contributed by atoms with Gasteiger partial charge in [0, 0.05) is 11.3 Å². The van der Waals surface area contributed by atoms with Crippen LogP contribution in [0.5, 0.6) is 0 Å². The van der Waals surface area contributed by atoms with Crippen molar-refractivity contribution in [2.24, 2.45) is 11.8 Å². The van der Waals surface area contributed by atoms with Crippen molar-refractivity contribution in [1.82, 2.24) is 10.2 Å². The van der Waals surface area contributed by atoms with E-state index in [-0.39, 0.29) is 5.97 Å². The number of fused-ring (bicyclic) bond motifs is 2. The summed E-state index contributed by atoms with van der Waals surface area (Å²) in [5, 5.41) is 7.04. The van der Waals surface area contributed by atoms with Gasteiger partial charge in [0.25, 0.3) is 0 Å². The Balaban J connectivity index is 1.90. The number of carbonyl (C=O) groups excluding carboxylic acids is 1. The van der Waals surface area contributed by atoms with Gasteiger partial charge < -0.3 is 4.74 Å². The lowest BCUT2D eigenvalue weighted by Crippen LogP contribution is -2.11. The van der Waals surface area contributed by atoms with Crippen LogP contribution in [-0.4, -0.2) is 22.8 Å². The molecule has 1 heterocycles. The predicted molar refractivity (Wildman–Crippen MR) is 53.5 cm³/mol. The van der Waals surface area contributed by atoms with Crippen LogP contribution in [0.2, 0.25) is 0 Å². The number of carbonyl (C=O) groups is 1. The Morgan fingerprint density at radius 1 is 1.53 bits per heavy atom. The van der Waals surface area contributed by atoms with Gasteiger partial charge in [-0.25, -0.2) is 4.79 Å². The lowest BCUT2D eigenvalue weighted by Gasteiger charge is -2.09. The maximum atomic E-state index is 11.6. The zero-order chi connectivity index (χ0) is 10.4. The molecular weight excluding hydrogens is 192 g/mol. The smallest absolute Gasteiger partial charge is 0.359 e. The van der Waals surface area contributed by atoms with Gasteiger partial charge in [-0.1, -0.05) is 0 Å². The molecule has 0 radical (unpaired) electrons. The molecule has 4 heteroatoms. The molecule has 1 N–H and O–H groups in total. The first-order valence-corrected chi connectivity index (χ1v) is 5.52. The van der Waals surface area contributed by atoms with Crippen LogP contribution in [-0.2, 0) is 17.6 Å². The Labute approximate surface area is 88.0 Å². The number of rotatable bonds is 2. The van der Waals surface area contributed by atoms with Gasteiger partial charge in [-0.2, -0.15) is 5.10 Å². The number of nitrogens with one attached hydrogen (secondary N) is 1. The summed E-state index contributed by atoms with van der Waals surface area (Å²) in [7, 11) is 0. The van der Waals surface area contributed by atoms with E-state index >= 15 is 0 Å². The molecule has 1 saturated carbocycles. The molecule has 0 aliphatic heterocycles. The summed E-state index contributed by atoms with van der Waals surface area (Å²) in [6, 6.07) is 0. The number of esters is 1. The van der Waals surface area contributed by atoms with E-state index in [1.165, 1.54) is 6.42 Å². The fourth-order valence-corrected chi connectivity index (χ4v) is 2.49. The highest BCUT2D eigenvalue weighted by Gasteiger charge is 2.43. The highest BCUT2D eigenvalue weighted by molar-refractivity contribution is 5.89. The summed E-state index contributed by atoms with van der Waals surface area (Å²) < 4.78 is 4.98. The molecule has 0 amide bonds. The van der Waals surface area contributed by atoms with E-state index in [1.54, 1.807) is 0 Å². The van der Waals surface area contributed by atoms with Crippen molar-refractivity contribution in [3.8, 4) is 0 Å². The maximum absolute atomic E-state index is 11.6. The van der Waals surface area contributed by atoms with Gasteiger partial charge in [-0.15, -0.1) is 0 Å². The average Bonchev–Trinajstić information content (AvgIpc) is 2.85. The van der Waals surface area contributed by atoms with E-state index in [9.17, 15) is 4.79 Å². The molecule has 80 valence electrons. The highest BCUT2D eigenvalue weighted by atomic mass is 16.5. The molecule has 2 atom stereocenters. The van der Waals surface area contributed by atoms with Crippen LogP contribution in [0.25, 0.3) is 0 Å². The Bertz CT molecular complexity index is 411. The molecule has 0 saturated heterocycles. The van der Waals surface area contributed by atoms with Crippen molar-refractivity contribution < 1.29 is 9.53 Å². The normalized spacial score (nSPS) is 26.7. The van der Waals surface area contributed by atoms with Crippen LogP contribution in [0.1, 0.15) is 35.1 Å². The minimum atomic E-state index is -0.283. The predicted octanol–water partition coefficient (Wildman–Crippen LogP) is 1.32. The number of H-pyrrole nitrogens is 1. The van der Waals surface area contributed by atoms with Crippen molar-refractivity contribution in [2.45, 2.75) is 26.2 Å². The third-order valence-corrected chi connectivity index (χ3v) is 3.42. The Morgan fingerprint density at radius 3 is 3.13 bits per heavy atom. The molecule has 2 aliphatic carbocycles. The number of ether oxygens (including phenoxy) is 1. The highest BCUT2D eigenvalue weighted by Crippen LogP contribution is 2.48. The van der Waals surface area contributed by atoms with Gasteiger partial charge in [0.05, 0.1) is 6.61 Å². The molecular formula is C11H14N2O2. The second-order valence-electron chi connectivity index (χ2n) is 4.41. The van der Waals surface area contributed by atoms with Crippen molar-refractivity contribution in [1.29, 1.82) is 0 Å². The second-order valence-corrected chi connectivity index (χ2v) is 4.41. The number of aromatic amines is 1. The minimum Gasteiger partial charge on any atom is -0.461 e. The monoisotopic (exact) mass is 206 g/mol. The first kappa shape index (κ1) is 8.95. The lowest BCUT2D eigenvalue weighted by molar-refractivity contribution is 0.0518. The molecule has 0 aromatic carbocycles. The molecule has 15 heavy (non-hydrogen) atoms. The third-order valence-electron chi connectivity index (χ3n) is 3.42. The molecule has 1 aromatic rings. The second kappa shape index (κ2) is 3.08. The molecule has 2 aliphatic rings. The summed E-state index contributed by atoms with van der Waals surface area (Å²) in [6.07, 6.45) is 3.38. The van der Waals surface area contributed by atoms with Gasteiger partial charge in [-0.3, -0.25) is 5.10 Å². The van der Waals surface area contributed by atoms with E-state index in [4.69, 9.17) is 4.74 Å². The van der Waals surface area contributed by atoms with E-state index < -0.39 is 0 Å². The summed E-state index contributed by atoms with van der Waals surface area (Å²) in [4.78, 5) is 11.6. The van der Waals surface area contributed by atoms with Gasteiger partial charge in [0.2, 0.25) is 0 Å². The first-order valence-electron chi connectivity index (χ1n) is 5.52. The average molecular weight is 206 g/mol. The van der Waals surface area contributed by atoms with Crippen molar-refractivity contribution in [3.05, 3.63) is 17.0 Å². The first-order chi connectivity index (χ1) is 7.29. The van der Waals surface area contributed by atoms with Crippen molar-refractivity contribution >= 4 is 5.97 Å². The standard InChI is InChI=1S/C11H14N2O2/c1-2-15-11(14)10-8-4-6-3-7(6)5-9(8)12-13-10/h6-7H,2-5H2,1H3,(H,12,13). The lowest BCUT2D eigenvalue weighted by atomic mass is 9.96. The van der Waals surface area contributed by atoms with Crippen molar-refractivity contribution in [3.63, 3.8) is 0 Å². The fourth-order valence-electron chi connectivity index (χ4n) is 2.49. The van der Waals surface area contributed by atoms with Crippen LogP contribution in [0.3, 0.4) is 0 Å². The van der Waals surface area contributed by atoms with E-state index in [2.05, 4.69) is 10.2 Å². The van der Waals surface area contributed by atoms with Crippen LogP contribution in [0.4, 0.5) is 0 Å². The quantitative estimate of drug-likeness (QED) is 0.742. The third kappa shape index (κ3) is 1.35. The van der Waals surface area contributed by atoms with Crippen LogP contribution in [0, 0.1) is 11.8 Å². The zero-order valence-electron chi connectivity index (χ0n) is 8.75. The van der Waals surface area contributed by atoms with Crippen LogP contribution >= 0.6 is 0 Å². The summed E-state index contributed by atoms with van der Waals surface area (Å²) in [6.45, 7) is 2.22. The van der Waals surface area contributed by atoms with Crippen LogP contribution < -0.4 is 0 Å². The molecule has 4 nitrogen and oxygen atoms in total.